The topological polar surface area (TPSA) is 24.4 Å². The maximum Gasteiger partial charge on any atom is 0.0830 e. The largest absolute Gasteiger partial charge is 0.368 e. The molecule has 0 amide bonds. The van der Waals surface area contributed by atoms with Gasteiger partial charge in [0.15, 0.2) is 0 Å². The summed E-state index contributed by atoms with van der Waals surface area (Å²) in [7, 11) is 0. The normalized spacial score (nSPS) is 27.1. The average Bonchev–Trinajstić information content (AvgIpc) is 2.14. The third-order valence-electron chi connectivity index (χ3n) is 0.846. The van der Waals surface area contributed by atoms with Crippen molar-refractivity contribution in [3.8, 4) is 0 Å². The third kappa shape index (κ3) is 0.962. The Morgan fingerprint density at radius 2 is 2.86 bits per heavy atom. The molecule has 38 valence electrons. The summed E-state index contributed by atoms with van der Waals surface area (Å²) in [4.78, 5) is 3.90. The van der Waals surface area contributed by atoms with E-state index in [-0.39, 0.29) is 0 Å². The molecule has 0 fully saturated rings. The first kappa shape index (κ1) is 4.71. The van der Waals surface area contributed by atoms with Crippen molar-refractivity contribution >= 4 is 23.9 Å². The van der Waals surface area contributed by atoms with Gasteiger partial charge in [-0.05, 0) is 0 Å². The predicted molar refractivity (Wildman–Crippen MR) is 33.9 cm³/mol. The highest BCUT2D eigenvalue weighted by molar-refractivity contribution is 7.79. The van der Waals surface area contributed by atoms with Gasteiger partial charge in [-0.3, -0.25) is 4.99 Å². The zero-order valence-electron chi connectivity index (χ0n) is 3.79. The van der Waals surface area contributed by atoms with E-state index in [0.717, 1.165) is 6.54 Å². The number of aliphatic imine (C=N–C) groups is 1. The minimum Gasteiger partial charge on any atom is -0.368 e. The van der Waals surface area contributed by atoms with Crippen LogP contribution in [-0.4, -0.2) is 24.3 Å². The molecule has 1 rings (SSSR count). The number of hydrogen-bond acceptors (Lipinski definition) is 3. The Hall–Kier alpha value is -0.440. The number of nitrogens with zero attached hydrogens (tertiary/aromatic N) is 1. The number of nitrogens with one attached hydrogen (secondary N) is 1. The first-order chi connectivity index (χ1) is 3.43. The Morgan fingerprint density at radius 1 is 2.00 bits per heavy atom. The van der Waals surface area contributed by atoms with Crippen molar-refractivity contribution in [3.63, 3.8) is 0 Å². The molecule has 1 aliphatic heterocycles. The fourth-order valence-corrected chi connectivity index (χ4v) is 0.614. The standard InChI is InChI=1S/C4H6N2S/c7-2-4-1-5-3-6-4/h2-4H,1H2,(H,5,6). The molecule has 1 aliphatic rings. The molecule has 0 saturated carbocycles. The number of rotatable bonds is 1. The summed E-state index contributed by atoms with van der Waals surface area (Å²) < 4.78 is 0. The van der Waals surface area contributed by atoms with Crippen LogP contribution in [0.15, 0.2) is 4.99 Å². The first-order valence-electron chi connectivity index (χ1n) is 2.13. The van der Waals surface area contributed by atoms with Crippen LogP contribution in [0.5, 0.6) is 0 Å². The van der Waals surface area contributed by atoms with E-state index < -0.39 is 0 Å². The highest BCUT2D eigenvalue weighted by Gasteiger charge is 2.03. The van der Waals surface area contributed by atoms with Crippen molar-refractivity contribution in [3.05, 3.63) is 0 Å². The van der Waals surface area contributed by atoms with E-state index in [0.29, 0.717) is 6.04 Å². The van der Waals surface area contributed by atoms with Crippen molar-refractivity contribution < 1.29 is 0 Å². The molecule has 0 spiro atoms. The zero-order valence-corrected chi connectivity index (χ0v) is 4.61. The molecule has 7 heavy (non-hydrogen) atoms. The van der Waals surface area contributed by atoms with Crippen LogP contribution in [-0.2, 0) is 0 Å². The molecule has 0 aromatic carbocycles. The molecule has 1 N–H and O–H groups in total. The quantitative estimate of drug-likeness (QED) is 0.485. The van der Waals surface area contributed by atoms with Crippen molar-refractivity contribution in [1.82, 2.24) is 5.32 Å². The lowest BCUT2D eigenvalue weighted by molar-refractivity contribution is 0.865. The highest BCUT2D eigenvalue weighted by atomic mass is 32.1. The average molecular weight is 114 g/mol. The Kier molecular flexibility index (Phi) is 1.36. The molecular weight excluding hydrogens is 108 g/mol. The Morgan fingerprint density at radius 3 is 3.14 bits per heavy atom. The third-order valence-corrected chi connectivity index (χ3v) is 1.17. The van der Waals surface area contributed by atoms with Gasteiger partial charge >= 0.3 is 0 Å². The summed E-state index contributed by atoms with van der Waals surface area (Å²) in [5.74, 6) is 0. The second-order valence-corrected chi connectivity index (χ2v) is 1.68. The molecule has 3 heteroatoms. The smallest absolute Gasteiger partial charge is 0.0830 e. The molecule has 1 atom stereocenters. The summed E-state index contributed by atoms with van der Waals surface area (Å²) in [6, 6.07) is 0.315. The van der Waals surface area contributed by atoms with Crippen molar-refractivity contribution in [2.75, 3.05) is 6.54 Å². The van der Waals surface area contributed by atoms with Crippen LogP contribution >= 0.6 is 12.2 Å². The number of thiocarbonyl (C=S) groups is 1. The maximum atomic E-state index is 4.64. The van der Waals surface area contributed by atoms with Gasteiger partial charge in [0.2, 0.25) is 0 Å². The van der Waals surface area contributed by atoms with Gasteiger partial charge in [0.1, 0.15) is 0 Å². The molecule has 0 aromatic rings. The van der Waals surface area contributed by atoms with Gasteiger partial charge < -0.3 is 5.32 Å². The molecule has 0 aromatic heterocycles. The van der Waals surface area contributed by atoms with E-state index in [1.165, 1.54) is 0 Å². The number of hydrogen-bond donors (Lipinski definition) is 1. The van der Waals surface area contributed by atoms with E-state index in [9.17, 15) is 0 Å². The molecule has 2 nitrogen and oxygen atoms in total. The molecule has 0 bridgehead atoms. The van der Waals surface area contributed by atoms with Gasteiger partial charge in [0.05, 0.1) is 18.9 Å². The second-order valence-electron chi connectivity index (χ2n) is 1.40. The van der Waals surface area contributed by atoms with Crippen LogP contribution in [0.3, 0.4) is 0 Å². The minimum absolute atomic E-state index is 0.315. The summed E-state index contributed by atoms with van der Waals surface area (Å²) >= 11 is 4.64. The van der Waals surface area contributed by atoms with E-state index in [1.807, 2.05) is 0 Å². The molecule has 1 heterocycles. The van der Waals surface area contributed by atoms with Crippen LogP contribution in [0.1, 0.15) is 0 Å². The predicted octanol–water partition coefficient (Wildman–Crippen LogP) is -0.0138. The molecule has 1 unspecified atom stereocenters. The van der Waals surface area contributed by atoms with Gasteiger partial charge in [-0.2, -0.15) is 0 Å². The summed E-state index contributed by atoms with van der Waals surface area (Å²) in [5.41, 5.74) is 0. The maximum absolute atomic E-state index is 4.64. The SMILES string of the molecule is S=CC1CN=CN1. The van der Waals surface area contributed by atoms with Crippen LogP contribution in [0.4, 0.5) is 0 Å². The van der Waals surface area contributed by atoms with Crippen LogP contribution in [0.2, 0.25) is 0 Å². The zero-order chi connectivity index (χ0) is 5.11. The van der Waals surface area contributed by atoms with E-state index in [4.69, 9.17) is 0 Å². The lowest BCUT2D eigenvalue weighted by Crippen LogP contribution is -2.24. The minimum atomic E-state index is 0.315. The van der Waals surface area contributed by atoms with E-state index in [1.54, 1.807) is 11.7 Å². The summed E-state index contributed by atoms with van der Waals surface area (Å²) in [6.45, 7) is 0.809. The van der Waals surface area contributed by atoms with Crippen molar-refractivity contribution in [1.29, 1.82) is 0 Å². The van der Waals surface area contributed by atoms with E-state index >= 15 is 0 Å². The van der Waals surface area contributed by atoms with Crippen molar-refractivity contribution in [2.24, 2.45) is 4.99 Å². The molecule has 0 saturated heterocycles. The summed E-state index contributed by atoms with van der Waals surface area (Å²) in [6.07, 6.45) is 1.69. The fraction of sp³-hybridized carbons (Fsp3) is 0.500. The van der Waals surface area contributed by atoms with Crippen LogP contribution in [0, 0.1) is 0 Å². The molecule has 0 radical (unpaired) electrons. The lowest BCUT2D eigenvalue weighted by Gasteiger charge is -1.96. The highest BCUT2D eigenvalue weighted by Crippen LogP contribution is 1.84. The van der Waals surface area contributed by atoms with Gasteiger partial charge in [-0.25, -0.2) is 0 Å². The van der Waals surface area contributed by atoms with Gasteiger partial charge in [0.25, 0.3) is 0 Å². The van der Waals surface area contributed by atoms with Gasteiger partial charge in [0, 0.05) is 5.37 Å². The van der Waals surface area contributed by atoms with Crippen LogP contribution < -0.4 is 5.32 Å². The van der Waals surface area contributed by atoms with E-state index in [2.05, 4.69) is 22.5 Å². The Labute approximate surface area is 47.6 Å². The molecular formula is C4H6N2S. The fourth-order valence-electron chi connectivity index (χ4n) is 0.450. The van der Waals surface area contributed by atoms with Gasteiger partial charge in [-0.1, -0.05) is 12.2 Å². The molecule has 0 aliphatic carbocycles. The van der Waals surface area contributed by atoms with Crippen molar-refractivity contribution in [2.45, 2.75) is 6.04 Å². The Bertz CT molecular complexity index is 91.9. The Balaban J connectivity index is 2.35. The van der Waals surface area contributed by atoms with Gasteiger partial charge in [-0.15, -0.1) is 0 Å². The monoisotopic (exact) mass is 114 g/mol. The summed E-state index contributed by atoms with van der Waals surface area (Å²) in [5, 5.41) is 4.64. The first-order valence-corrected chi connectivity index (χ1v) is 2.60. The lowest BCUT2D eigenvalue weighted by atomic mass is 10.4. The van der Waals surface area contributed by atoms with Crippen LogP contribution in [0.25, 0.3) is 0 Å². The second kappa shape index (κ2) is 2.02.